The Balaban J connectivity index is 0. The predicted molar refractivity (Wildman–Crippen MR) is 195 cm³/mol. The van der Waals surface area contributed by atoms with Crippen LogP contribution in [0.5, 0.6) is 0 Å². The number of ether oxygens (including phenoxy) is 3. The molecule has 0 saturated heterocycles. The van der Waals surface area contributed by atoms with Crippen LogP contribution in [0.25, 0.3) is 0 Å². The van der Waals surface area contributed by atoms with Gasteiger partial charge in [0.1, 0.15) is 0 Å². The third kappa shape index (κ3) is 48.7. The van der Waals surface area contributed by atoms with E-state index in [1.807, 2.05) is 0 Å². The fraction of sp³-hybridized carbons (Fsp3) is 1.00. The average molecular weight is 629 g/mol. The van der Waals surface area contributed by atoms with Gasteiger partial charge in [0, 0.05) is 19.8 Å². The highest BCUT2D eigenvalue weighted by atomic mass is 16.5. The van der Waals surface area contributed by atoms with Crippen LogP contribution in [0.4, 0.5) is 0 Å². The monoisotopic (exact) mass is 629 g/mol. The van der Waals surface area contributed by atoms with E-state index in [2.05, 4.69) is 20.8 Å². The fourth-order valence-electron chi connectivity index (χ4n) is 5.56. The minimum absolute atomic E-state index is 0.0957. The zero-order valence-corrected chi connectivity index (χ0v) is 30.8. The summed E-state index contributed by atoms with van der Waals surface area (Å²) in [5.74, 6) is 0. The highest BCUT2D eigenvalue weighted by Gasteiger charge is 1.96. The SMILES string of the molecule is CCCCCCCCCCCCOCCCCCCCCCCCC.CCCCCCCCCCCCOCCOCCO. The van der Waals surface area contributed by atoms with Crippen molar-refractivity contribution in [2.45, 2.75) is 213 Å². The summed E-state index contributed by atoms with van der Waals surface area (Å²) in [5.41, 5.74) is 0. The van der Waals surface area contributed by atoms with Crippen LogP contribution in [0.3, 0.4) is 0 Å². The van der Waals surface area contributed by atoms with E-state index in [1.54, 1.807) is 0 Å². The molecule has 0 bridgehead atoms. The molecule has 0 fully saturated rings. The molecule has 0 aliphatic rings. The second-order valence-corrected chi connectivity index (χ2v) is 13.1. The van der Waals surface area contributed by atoms with Crippen molar-refractivity contribution in [3.63, 3.8) is 0 Å². The van der Waals surface area contributed by atoms with E-state index in [0.29, 0.717) is 19.8 Å². The number of hydrogen-bond donors (Lipinski definition) is 1. The first kappa shape index (κ1) is 46.0. The molecule has 0 heterocycles. The maximum absolute atomic E-state index is 8.50. The van der Waals surface area contributed by atoms with E-state index in [4.69, 9.17) is 19.3 Å². The van der Waals surface area contributed by atoms with Gasteiger partial charge in [-0.3, -0.25) is 0 Å². The van der Waals surface area contributed by atoms with Gasteiger partial charge < -0.3 is 19.3 Å². The summed E-state index contributed by atoms with van der Waals surface area (Å²) < 4.78 is 16.3. The minimum atomic E-state index is 0.0957. The van der Waals surface area contributed by atoms with Gasteiger partial charge in [-0.2, -0.15) is 0 Å². The van der Waals surface area contributed by atoms with E-state index in [0.717, 1.165) is 26.2 Å². The summed E-state index contributed by atoms with van der Waals surface area (Å²) in [7, 11) is 0. The van der Waals surface area contributed by atoms with Crippen LogP contribution in [0.1, 0.15) is 213 Å². The predicted octanol–water partition coefficient (Wildman–Crippen LogP) is 12.8. The molecule has 0 aromatic carbocycles. The largest absolute Gasteiger partial charge is 0.394 e. The number of aliphatic hydroxyl groups excluding tert-OH is 1. The highest BCUT2D eigenvalue weighted by Crippen LogP contribution is 2.13. The third-order valence-electron chi connectivity index (χ3n) is 8.53. The number of aliphatic hydroxyl groups is 1. The van der Waals surface area contributed by atoms with Gasteiger partial charge in [0.2, 0.25) is 0 Å². The fourth-order valence-corrected chi connectivity index (χ4v) is 5.56. The van der Waals surface area contributed by atoms with Crippen molar-refractivity contribution in [1.82, 2.24) is 0 Å². The normalized spacial score (nSPS) is 11.2. The first-order valence-corrected chi connectivity index (χ1v) is 20.2. The first-order chi connectivity index (χ1) is 21.8. The van der Waals surface area contributed by atoms with Gasteiger partial charge in [0.05, 0.1) is 26.4 Å². The quantitative estimate of drug-likeness (QED) is 0.0691. The van der Waals surface area contributed by atoms with E-state index in [9.17, 15) is 0 Å². The van der Waals surface area contributed by atoms with Crippen molar-refractivity contribution in [2.75, 3.05) is 46.2 Å². The summed E-state index contributed by atoms with van der Waals surface area (Å²) >= 11 is 0. The van der Waals surface area contributed by atoms with Crippen LogP contribution < -0.4 is 0 Å². The Morgan fingerprint density at radius 1 is 0.250 bits per heavy atom. The Morgan fingerprint density at radius 2 is 0.455 bits per heavy atom. The lowest BCUT2D eigenvalue weighted by molar-refractivity contribution is 0.0321. The number of unbranched alkanes of at least 4 members (excludes halogenated alkanes) is 27. The van der Waals surface area contributed by atoms with Crippen molar-refractivity contribution in [2.24, 2.45) is 0 Å². The molecule has 0 saturated carbocycles. The molecule has 0 spiro atoms. The summed E-state index contributed by atoms with van der Waals surface area (Å²) in [6.45, 7) is 11.4. The van der Waals surface area contributed by atoms with Gasteiger partial charge in [0.15, 0.2) is 0 Å². The van der Waals surface area contributed by atoms with Crippen LogP contribution in [-0.2, 0) is 14.2 Å². The van der Waals surface area contributed by atoms with Crippen molar-refractivity contribution in [3.8, 4) is 0 Å². The summed E-state index contributed by atoms with van der Waals surface area (Å²) in [6.07, 6.45) is 41.7. The molecule has 44 heavy (non-hydrogen) atoms. The van der Waals surface area contributed by atoms with Crippen LogP contribution in [-0.4, -0.2) is 51.4 Å². The molecule has 0 radical (unpaired) electrons. The van der Waals surface area contributed by atoms with E-state index >= 15 is 0 Å². The summed E-state index contributed by atoms with van der Waals surface area (Å²) in [4.78, 5) is 0. The Hall–Kier alpha value is -0.160. The Morgan fingerprint density at radius 3 is 0.705 bits per heavy atom. The molecule has 0 unspecified atom stereocenters. The van der Waals surface area contributed by atoms with Gasteiger partial charge in [0.25, 0.3) is 0 Å². The Kier molecular flexibility index (Phi) is 49.4. The van der Waals surface area contributed by atoms with E-state index in [-0.39, 0.29) is 6.61 Å². The Labute approximate surface area is 278 Å². The number of hydrogen-bond acceptors (Lipinski definition) is 4. The maximum Gasteiger partial charge on any atom is 0.0701 e. The molecule has 0 aliphatic carbocycles. The molecular weight excluding hydrogens is 544 g/mol. The smallest absolute Gasteiger partial charge is 0.0701 e. The molecule has 0 aromatic rings. The molecule has 1 N–H and O–H groups in total. The summed E-state index contributed by atoms with van der Waals surface area (Å²) in [6, 6.07) is 0. The lowest BCUT2D eigenvalue weighted by Gasteiger charge is -2.05. The third-order valence-corrected chi connectivity index (χ3v) is 8.53. The maximum atomic E-state index is 8.50. The molecule has 0 aromatic heterocycles. The van der Waals surface area contributed by atoms with Crippen LogP contribution in [0, 0.1) is 0 Å². The Bertz CT molecular complexity index is 407. The lowest BCUT2D eigenvalue weighted by Crippen LogP contribution is -2.07. The molecule has 4 nitrogen and oxygen atoms in total. The van der Waals surface area contributed by atoms with Gasteiger partial charge in [-0.05, 0) is 19.3 Å². The van der Waals surface area contributed by atoms with Crippen molar-refractivity contribution in [3.05, 3.63) is 0 Å². The summed E-state index contributed by atoms with van der Waals surface area (Å²) in [5, 5.41) is 8.50. The molecule has 0 rings (SSSR count). The van der Waals surface area contributed by atoms with Crippen LogP contribution >= 0.6 is 0 Å². The van der Waals surface area contributed by atoms with Crippen molar-refractivity contribution >= 4 is 0 Å². The van der Waals surface area contributed by atoms with Crippen molar-refractivity contribution in [1.29, 1.82) is 0 Å². The molecule has 0 amide bonds. The minimum Gasteiger partial charge on any atom is -0.394 e. The van der Waals surface area contributed by atoms with E-state index in [1.165, 1.54) is 186 Å². The number of rotatable bonds is 38. The van der Waals surface area contributed by atoms with Gasteiger partial charge in [-0.15, -0.1) is 0 Å². The average Bonchev–Trinajstić information content (AvgIpc) is 3.04. The first-order valence-electron chi connectivity index (χ1n) is 20.2. The second kappa shape index (κ2) is 47.2. The van der Waals surface area contributed by atoms with Crippen molar-refractivity contribution < 1.29 is 19.3 Å². The lowest BCUT2D eigenvalue weighted by atomic mass is 10.1. The molecule has 0 atom stereocenters. The molecule has 0 aliphatic heterocycles. The van der Waals surface area contributed by atoms with Crippen LogP contribution in [0.2, 0.25) is 0 Å². The molecule has 4 heteroatoms. The van der Waals surface area contributed by atoms with Gasteiger partial charge in [-0.1, -0.05) is 194 Å². The van der Waals surface area contributed by atoms with Gasteiger partial charge >= 0.3 is 0 Å². The van der Waals surface area contributed by atoms with Crippen LogP contribution in [0.15, 0.2) is 0 Å². The molecular formula is C40H84O4. The van der Waals surface area contributed by atoms with E-state index < -0.39 is 0 Å². The van der Waals surface area contributed by atoms with Gasteiger partial charge in [-0.25, -0.2) is 0 Å². The zero-order valence-electron chi connectivity index (χ0n) is 30.8. The topological polar surface area (TPSA) is 47.9 Å². The zero-order chi connectivity index (χ0) is 32.3. The highest BCUT2D eigenvalue weighted by molar-refractivity contribution is 4.50. The standard InChI is InChI=1S/C24H50O.C16H34O3/c1-3-5-7-9-11-13-15-17-19-21-23-25-24-22-20-18-16-14-12-10-8-6-4-2;1-2-3-4-5-6-7-8-9-10-11-13-18-15-16-19-14-12-17/h3-24H2,1-2H3;17H,2-16H2,1H3. The molecule has 268 valence electrons. The second-order valence-electron chi connectivity index (χ2n) is 13.1.